The van der Waals surface area contributed by atoms with E-state index in [4.69, 9.17) is 14.2 Å². The van der Waals surface area contributed by atoms with Crippen molar-refractivity contribution in [2.45, 2.75) is 271 Å². The van der Waals surface area contributed by atoms with E-state index in [1.54, 1.807) is 0 Å². The lowest BCUT2D eigenvalue weighted by Gasteiger charge is -2.18. The molecule has 59 heavy (non-hydrogen) atoms. The lowest BCUT2D eigenvalue weighted by Crippen LogP contribution is -2.30. The van der Waals surface area contributed by atoms with Crippen molar-refractivity contribution in [2.24, 2.45) is 0 Å². The second kappa shape index (κ2) is 48.3. The third kappa shape index (κ3) is 46.5. The number of hydrogen-bond acceptors (Lipinski definition) is 6. The molecule has 0 fully saturated rings. The Labute approximate surface area is 365 Å². The molecule has 0 amide bonds. The molecule has 0 unspecified atom stereocenters. The second-order valence-electron chi connectivity index (χ2n) is 17.1. The van der Waals surface area contributed by atoms with Gasteiger partial charge in [0.15, 0.2) is 6.10 Å². The average molecular weight is 829 g/mol. The molecule has 6 nitrogen and oxygen atoms in total. The number of carbonyl (C=O) groups excluding carboxylic acids is 3. The topological polar surface area (TPSA) is 78.9 Å². The smallest absolute Gasteiger partial charge is 0.306 e. The zero-order valence-electron chi connectivity index (χ0n) is 39.3. The van der Waals surface area contributed by atoms with Crippen molar-refractivity contribution in [2.75, 3.05) is 13.2 Å². The quantitative estimate of drug-likeness (QED) is 0.0263. The maximum Gasteiger partial charge on any atom is 0.306 e. The zero-order valence-corrected chi connectivity index (χ0v) is 39.3. The fourth-order valence-corrected chi connectivity index (χ4v) is 7.23. The number of unbranched alkanes of at least 4 members (excludes halogenated alkanes) is 29. The van der Waals surface area contributed by atoms with Gasteiger partial charge in [-0.2, -0.15) is 0 Å². The second-order valence-corrected chi connectivity index (χ2v) is 17.1. The Bertz CT molecular complexity index is 1000. The highest BCUT2D eigenvalue weighted by atomic mass is 16.6. The number of rotatable bonds is 46. The van der Waals surface area contributed by atoms with Gasteiger partial charge in [0.05, 0.1) is 0 Å². The van der Waals surface area contributed by atoms with Crippen LogP contribution in [0, 0.1) is 0 Å². The van der Waals surface area contributed by atoms with Crippen LogP contribution in [0.3, 0.4) is 0 Å². The first-order valence-electron chi connectivity index (χ1n) is 25.5. The van der Waals surface area contributed by atoms with E-state index in [1.165, 1.54) is 141 Å². The first-order valence-corrected chi connectivity index (χ1v) is 25.5. The third-order valence-electron chi connectivity index (χ3n) is 11.1. The Morgan fingerprint density at radius 3 is 0.983 bits per heavy atom. The van der Waals surface area contributed by atoms with Crippen LogP contribution in [-0.2, 0) is 28.6 Å². The highest BCUT2D eigenvalue weighted by molar-refractivity contribution is 5.71. The molecule has 0 N–H and O–H groups in total. The first kappa shape index (κ1) is 56.6. The van der Waals surface area contributed by atoms with Crippen LogP contribution in [0.1, 0.15) is 265 Å². The first-order chi connectivity index (χ1) is 29.0. The molecular formula is C53H96O6. The SMILES string of the molecule is CCCCCC=CCC=CCCCCCCCC(=O)OC[C@@H](COC(=O)CCCCCCCC=CCCCCCCCC)OC(=O)CCCCCCCCCCCCC. The number of esters is 3. The standard InChI is InChI=1S/C53H96O6/c1-4-7-10-13-16-19-22-24-26-28-31-33-36-39-42-45-51(54)57-48-50(59-53(56)47-44-41-38-35-30-21-18-15-12-9-6-3)49-58-52(55)46-43-40-37-34-32-29-27-25-23-20-17-14-11-8-5-2/h16,19,24-27,50H,4-15,17-18,20-23,28-49H2,1-3H3/t50-/m0/s1. The molecule has 0 aliphatic rings. The Hall–Kier alpha value is -2.37. The van der Waals surface area contributed by atoms with Crippen LogP contribution in [-0.4, -0.2) is 37.2 Å². The monoisotopic (exact) mass is 829 g/mol. The molecular weight excluding hydrogens is 733 g/mol. The number of allylic oxidation sites excluding steroid dienone is 6. The van der Waals surface area contributed by atoms with Crippen LogP contribution in [0.25, 0.3) is 0 Å². The van der Waals surface area contributed by atoms with E-state index in [-0.39, 0.29) is 31.1 Å². The van der Waals surface area contributed by atoms with Gasteiger partial charge in [0, 0.05) is 19.3 Å². The molecule has 0 aromatic rings. The molecule has 0 saturated heterocycles. The molecule has 1 atom stereocenters. The summed E-state index contributed by atoms with van der Waals surface area (Å²) < 4.78 is 16.8. The molecule has 0 spiro atoms. The summed E-state index contributed by atoms with van der Waals surface area (Å²) in [5.41, 5.74) is 0. The maximum atomic E-state index is 12.7. The normalized spacial score (nSPS) is 12.3. The average Bonchev–Trinajstić information content (AvgIpc) is 3.23. The Morgan fingerprint density at radius 1 is 0.339 bits per heavy atom. The molecule has 0 rings (SSSR count). The van der Waals surface area contributed by atoms with Gasteiger partial charge in [-0.3, -0.25) is 14.4 Å². The highest BCUT2D eigenvalue weighted by Gasteiger charge is 2.19. The number of carbonyl (C=O) groups is 3. The van der Waals surface area contributed by atoms with Crippen molar-refractivity contribution < 1.29 is 28.6 Å². The fraction of sp³-hybridized carbons (Fsp3) is 0.830. The lowest BCUT2D eigenvalue weighted by molar-refractivity contribution is -0.167. The van der Waals surface area contributed by atoms with Gasteiger partial charge >= 0.3 is 17.9 Å². The van der Waals surface area contributed by atoms with Crippen molar-refractivity contribution in [1.29, 1.82) is 0 Å². The van der Waals surface area contributed by atoms with Gasteiger partial charge in [0.1, 0.15) is 13.2 Å². The summed E-state index contributed by atoms with van der Waals surface area (Å²) in [5.74, 6) is -0.892. The maximum absolute atomic E-state index is 12.7. The summed E-state index contributed by atoms with van der Waals surface area (Å²) in [6.07, 6.45) is 55.5. The molecule has 0 aromatic heterocycles. The molecule has 0 radical (unpaired) electrons. The Balaban J connectivity index is 4.37. The van der Waals surface area contributed by atoms with E-state index in [0.717, 1.165) is 83.5 Å². The zero-order chi connectivity index (χ0) is 43.0. The Morgan fingerprint density at radius 2 is 0.610 bits per heavy atom. The minimum absolute atomic E-state index is 0.0785. The van der Waals surface area contributed by atoms with Gasteiger partial charge in [-0.25, -0.2) is 0 Å². The molecule has 0 aliphatic carbocycles. The summed E-state index contributed by atoms with van der Waals surface area (Å²) in [6, 6.07) is 0. The Kier molecular flexibility index (Phi) is 46.4. The van der Waals surface area contributed by atoms with E-state index in [1.807, 2.05) is 0 Å². The molecule has 344 valence electrons. The van der Waals surface area contributed by atoms with Gasteiger partial charge in [0.25, 0.3) is 0 Å². The summed E-state index contributed by atoms with van der Waals surface area (Å²) in [4.78, 5) is 37.9. The van der Waals surface area contributed by atoms with Crippen LogP contribution in [0.5, 0.6) is 0 Å². The summed E-state index contributed by atoms with van der Waals surface area (Å²) in [7, 11) is 0. The van der Waals surface area contributed by atoms with Crippen molar-refractivity contribution in [3.63, 3.8) is 0 Å². The fourth-order valence-electron chi connectivity index (χ4n) is 7.23. The van der Waals surface area contributed by atoms with E-state index >= 15 is 0 Å². The van der Waals surface area contributed by atoms with Gasteiger partial charge in [-0.1, -0.05) is 205 Å². The molecule has 0 bridgehead atoms. The predicted octanol–water partition coefficient (Wildman–Crippen LogP) is 16.5. The van der Waals surface area contributed by atoms with E-state index in [2.05, 4.69) is 57.2 Å². The molecule has 0 heterocycles. The van der Waals surface area contributed by atoms with Gasteiger partial charge in [-0.15, -0.1) is 0 Å². The predicted molar refractivity (Wildman–Crippen MR) is 252 cm³/mol. The minimum atomic E-state index is -0.776. The van der Waals surface area contributed by atoms with Crippen LogP contribution in [0.15, 0.2) is 36.5 Å². The van der Waals surface area contributed by atoms with Crippen LogP contribution in [0.2, 0.25) is 0 Å². The molecule has 0 aliphatic heterocycles. The molecule has 6 heteroatoms. The lowest BCUT2D eigenvalue weighted by atomic mass is 10.1. The van der Waals surface area contributed by atoms with Crippen LogP contribution < -0.4 is 0 Å². The van der Waals surface area contributed by atoms with E-state index in [9.17, 15) is 14.4 Å². The number of ether oxygens (including phenoxy) is 3. The third-order valence-corrected chi connectivity index (χ3v) is 11.1. The van der Waals surface area contributed by atoms with Crippen LogP contribution >= 0.6 is 0 Å². The van der Waals surface area contributed by atoms with E-state index < -0.39 is 6.10 Å². The van der Waals surface area contributed by atoms with Crippen molar-refractivity contribution in [1.82, 2.24) is 0 Å². The molecule has 0 aromatic carbocycles. The number of hydrogen-bond donors (Lipinski definition) is 0. The van der Waals surface area contributed by atoms with Gasteiger partial charge < -0.3 is 14.2 Å². The molecule has 0 saturated carbocycles. The minimum Gasteiger partial charge on any atom is -0.462 e. The van der Waals surface area contributed by atoms with Crippen molar-refractivity contribution in [3.05, 3.63) is 36.5 Å². The van der Waals surface area contributed by atoms with E-state index in [0.29, 0.717) is 19.3 Å². The largest absolute Gasteiger partial charge is 0.462 e. The highest BCUT2D eigenvalue weighted by Crippen LogP contribution is 2.15. The summed E-state index contributed by atoms with van der Waals surface area (Å²) in [5, 5.41) is 0. The van der Waals surface area contributed by atoms with Gasteiger partial charge in [-0.05, 0) is 77.0 Å². The van der Waals surface area contributed by atoms with Crippen molar-refractivity contribution in [3.8, 4) is 0 Å². The summed E-state index contributed by atoms with van der Waals surface area (Å²) >= 11 is 0. The van der Waals surface area contributed by atoms with Crippen LogP contribution in [0.4, 0.5) is 0 Å². The summed E-state index contributed by atoms with van der Waals surface area (Å²) in [6.45, 7) is 6.59. The van der Waals surface area contributed by atoms with Crippen molar-refractivity contribution >= 4 is 17.9 Å². The van der Waals surface area contributed by atoms with Gasteiger partial charge in [0.2, 0.25) is 0 Å².